The third-order valence-electron chi connectivity index (χ3n) is 9.43. The van der Waals surface area contributed by atoms with Crippen LogP contribution in [0.25, 0.3) is 0 Å². The number of allylic oxidation sites excluding steroid dienone is 1. The Kier molecular flexibility index (Phi) is 4.89. The second-order valence-electron chi connectivity index (χ2n) is 10.6. The van der Waals surface area contributed by atoms with E-state index in [-0.39, 0.29) is 23.0 Å². The SMILES string of the molecule is C=C1C(=C)[C@@](O)(CC(C(=O)O)C(=O)O)[C@@]2(C)CC[C@H]3[C@@H](CCC4=CC(=O)CC[C@@]43C)[C@H]12. The normalized spacial score (nSPS) is 42.0. The van der Waals surface area contributed by atoms with Gasteiger partial charge in [-0.25, -0.2) is 0 Å². The quantitative estimate of drug-likeness (QED) is 0.588. The molecule has 0 radical (unpaired) electrons. The number of carbonyl (C=O) groups excluding carboxylic acids is 1. The van der Waals surface area contributed by atoms with Crippen LogP contribution in [0, 0.1) is 34.5 Å². The predicted molar refractivity (Wildman–Crippen MR) is 114 cm³/mol. The molecule has 168 valence electrons. The van der Waals surface area contributed by atoms with Gasteiger partial charge in [0.05, 0.1) is 5.60 Å². The Labute approximate surface area is 182 Å². The van der Waals surface area contributed by atoms with Crippen molar-refractivity contribution in [3.8, 4) is 0 Å². The Morgan fingerprint density at radius 3 is 2.39 bits per heavy atom. The zero-order valence-electron chi connectivity index (χ0n) is 18.3. The summed E-state index contributed by atoms with van der Waals surface area (Å²) in [5, 5.41) is 30.7. The van der Waals surface area contributed by atoms with Gasteiger partial charge in [0.1, 0.15) is 0 Å². The predicted octanol–water partition coefficient (Wildman–Crippen LogP) is 3.76. The number of aliphatic hydroxyl groups is 1. The summed E-state index contributed by atoms with van der Waals surface area (Å²) >= 11 is 0. The summed E-state index contributed by atoms with van der Waals surface area (Å²) in [6.07, 6.45) is 6.02. The first-order chi connectivity index (χ1) is 14.4. The molecule has 6 heteroatoms. The summed E-state index contributed by atoms with van der Waals surface area (Å²) in [7, 11) is 0. The highest BCUT2D eigenvalue weighted by Crippen LogP contribution is 2.70. The van der Waals surface area contributed by atoms with Gasteiger partial charge in [0.25, 0.3) is 0 Å². The van der Waals surface area contributed by atoms with Crippen molar-refractivity contribution in [2.45, 2.75) is 64.4 Å². The van der Waals surface area contributed by atoms with Crippen LogP contribution in [0.4, 0.5) is 0 Å². The first kappa shape index (κ1) is 22.0. The molecule has 0 aromatic carbocycles. The number of rotatable bonds is 4. The van der Waals surface area contributed by atoms with Crippen molar-refractivity contribution in [1.82, 2.24) is 0 Å². The van der Waals surface area contributed by atoms with Crippen molar-refractivity contribution in [2.24, 2.45) is 34.5 Å². The van der Waals surface area contributed by atoms with Gasteiger partial charge in [-0.1, -0.05) is 32.6 Å². The average Bonchev–Trinajstić information content (AvgIpc) is 2.84. The smallest absolute Gasteiger partial charge is 0.318 e. The Morgan fingerprint density at radius 2 is 1.77 bits per heavy atom. The van der Waals surface area contributed by atoms with Crippen LogP contribution in [0.3, 0.4) is 0 Å². The van der Waals surface area contributed by atoms with Crippen LogP contribution >= 0.6 is 0 Å². The van der Waals surface area contributed by atoms with Gasteiger partial charge in [-0.2, -0.15) is 0 Å². The van der Waals surface area contributed by atoms with E-state index in [1.807, 2.05) is 13.0 Å². The zero-order valence-corrected chi connectivity index (χ0v) is 18.3. The van der Waals surface area contributed by atoms with Crippen LogP contribution in [0.2, 0.25) is 0 Å². The molecule has 0 aromatic rings. The molecule has 0 spiro atoms. The molecule has 0 aromatic heterocycles. The number of carboxylic acids is 2. The molecular weight excluding hydrogens is 396 g/mol. The Morgan fingerprint density at radius 1 is 1.13 bits per heavy atom. The number of hydrogen-bond acceptors (Lipinski definition) is 4. The maximum absolute atomic E-state index is 12.0. The summed E-state index contributed by atoms with van der Waals surface area (Å²) in [6, 6.07) is 0. The maximum Gasteiger partial charge on any atom is 0.318 e. The van der Waals surface area contributed by atoms with E-state index in [1.54, 1.807) is 0 Å². The third kappa shape index (κ3) is 2.83. The fourth-order valence-corrected chi connectivity index (χ4v) is 7.60. The van der Waals surface area contributed by atoms with Crippen molar-refractivity contribution < 1.29 is 29.7 Å². The lowest BCUT2D eigenvalue weighted by molar-refractivity contribution is -0.163. The molecule has 6 atom stereocenters. The van der Waals surface area contributed by atoms with Crippen LogP contribution in [-0.4, -0.2) is 38.6 Å². The minimum Gasteiger partial charge on any atom is -0.481 e. The molecule has 3 saturated carbocycles. The standard InChI is InChI=1S/C25H32O6/c1-13-14(2)25(31,12-18(21(27)28)22(29)30)24(4)10-8-19-17(20(13)24)6-5-15-11-16(26)7-9-23(15,19)3/h11,17-20,31H,1-2,5-10,12H2,3-4H3,(H,27,28)(H,29,30)/t17-,19+,20+,23+,24+,25+/m1/s1. The third-order valence-corrected chi connectivity index (χ3v) is 9.43. The molecule has 4 aliphatic rings. The molecule has 3 fully saturated rings. The first-order valence-corrected chi connectivity index (χ1v) is 11.2. The molecule has 4 aliphatic carbocycles. The van der Waals surface area contributed by atoms with Gasteiger partial charge >= 0.3 is 11.9 Å². The fourth-order valence-electron chi connectivity index (χ4n) is 7.60. The summed E-state index contributed by atoms with van der Waals surface area (Å²) in [4.78, 5) is 35.2. The van der Waals surface area contributed by atoms with Crippen LogP contribution in [0.5, 0.6) is 0 Å². The summed E-state index contributed by atoms with van der Waals surface area (Å²) in [5.41, 5.74) is -0.0295. The minimum absolute atomic E-state index is 0.0505. The van der Waals surface area contributed by atoms with E-state index in [4.69, 9.17) is 0 Å². The van der Waals surface area contributed by atoms with Crippen molar-refractivity contribution in [1.29, 1.82) is 0 Å². The minimum atomic E-state index is -1.70. The van der Waals surface area contributed by atoms with Crippen LogP contribution < -0.4 is 0 Å². The van der Waals surface area contributed by atoms with Crippen molar-refractivity contribution in [2.75, 3.05) is 0 Å². The van der Waals surface area contributed by atoms with Gasteiger partial charge in [-0.15, -0.1) is 0 Å². The number of carbonyl (C=O) groups is 3. The monoisotopic (exact) mass is 428 g/mol. The van der Waals surface area contributed by atoms with Crippen molar-refractivity contribution in [3.63, 3.8) is 0 Å². The second kappa shape index (κ2) is 6.89. The Balaban J connectivity index is 1.73. The topological polar surface area (TPSA) is 112 Å². The Bertz CT molecular complexity index is 916. The van der Waals surface area contributed by atoms with Gasteiger partial charge in [0.2, 0.25) is 0 Å². The number of aliphatic carboxylic acids is 2. The molecule has 6 nitrogen and oxygen atoms in total. The summed E-state index contributed by atoms with van der Waals surface area (Å²) < 4.78 is 0. The van der Waals surface area contributed by atoms with E-state index in [9.17, 15) is 29.7 Å². The van der Waals surface area contributed by atoms with E-state index >= 15 is 0 Å². The van der Waals surface area contributed by atoms with Crippen molar-refractivity contribution >= 4 is 17.7 Å². The van der Waals surface area contributed by atoms with E-state index in [1.165, 1.54) is 5.57 Å². The van der Waals surface area contributed by atoms with Gasteiger partial charge in [0, 0.05) is 18.3 Å². The largest absolute Gasteiger partial charge is 0.481 e. The van der Waals surface area contributed by atoms with E-state index < -0.39 is 35.3 Å². The zero-order chi connectivity index (χ0) is 22.9. The molecule has 0 saturated heterocycles. The molecule has 31 heavy (non-hydrogen) atoms. The van der Waals surface area contributed by atoms with Crippen LogP contribution in [-0.2, 0) is 14.4 Å². The second-order valence-corrected chi connectivity index (χ2v) is 10.6. The molecule has 0 aliphatic heterocycles. The number of carboxylic acid groups (broad SMARTS) is 2. The van der Waals surface area contributed by atoms with E-state index in [2.05, 4.69) is 20.1 Å². The molecule has 4 rings (SSSR count). The molecule has 0 unspecified atom stereocenters. The summed E-state index contributed by atoms with van der Waals surface area (Å²) in [6.45, 7) is 12.6. The first-order valence-electron chi connectivity index (χ1n) is 11.2. The lowest BCUT2D eigenvalue weighted by Crippen LogP contribution is -2.56. The van der Waals surface area contributed by atoms with Gasteiger partial charge in [0.15, 0.2) is 11.7 Å². The van der Waals surface area contributed by atoms with Crippen LogP contribution in [0.15, 0.2) is 36.0 Å². The highest BCUT2D eigenvalue weighted by atomic mass is 16.4. The number of hydrogen-bond donors (Lipinski definition) is 3. The molecule has 3 N–H and O–H groups in total. The van der Waals surface area contributed by atoms with Gasteiger partial charge in [-0.3, -0.25) is 14.4 Å². The van der Waals surface area contributed by atoms with Crippen molar-refractivity contribution in [3.05, 3.63) is 36.0 Å². The number of fused-ring (bicyclic) bond motifs is 5. The van der Waals surface area contributed by atoms with E-state index in [0.29, 0.717) is 24.3 Å². The van der Waals surface area contributed by atoms with Gasteiger partial charge in [-0.05, 0) is 72.5 Å². The highest BCUT2D eigenvalue weighted by molar-refractivity contribution is 5.93. The number of ketones is 1. The Hall–Kier alpha value is -2.21. The lowest BCUT2D eigenvalue weighted by Gasteiger charge is -2.59. The molecule has 0 bridgehead atoms. The molecular formula is C25H32O6. The lowest BCUT2D eigenvalue weighted by atomic mass is 9.46. The van der Waals surface area contributed by atoms with Gasteiger partial charge < -0.3 is 15.3 Å². The maximum atomic E-state index is 12.0. The van der Waals surface area contributed by atoms with E-state index in [0.717, 1.165) is 31.3 Å². The highest BCUT2D eigenvalue weighted by Gasteiger charge is 2.67. The summed E-state index contributed by atoms with van der Waals surface area (Å²) in [5.74, 6) is -3.90. The molecule has 0 heterocycles. The molecule has 0 amide bonds. The van der Waals surface area contributed by atoms with Crippen LogP contribution in [0.1, 0.15) is 58.8 Å². The fraction of sp³-hybridized carbons (Fsp3) is 0.640. The average molecular weight is 429 g/mol.